The van der Waals surface area contributed by atoms with Gasteiger partial charge in [-0.05, 0) is 12.8 Å². The van der Waals surface area contributed by atoms with Crippen LogP contribution >= 0.6 is 0 Å². The van der Waals surface area contributed by atoms with Gasteiger partial charge in [0.2, 0.25) is 0 Å². The molecule has 1 atom stereocenters. The summed E-state index contributed by atoms with van der Waals surface area (Å²) in [7, 11) is 1.72. The molecule has 0 saturated carbocycles. The number of aromatic nitrogens is 2. The number of nitrogens with zero attached hydrogens (tertiary/aromatic N) is 3. The van der Waals surface area contributed by atoms with Gasteiger partial charge >= 0.3 is 0 Å². The Bertz CT molecular complexity index is 430. The second-order valence-electron chi connectivity index (χ2n) is 4.55. The molecule has 1 aliphatic rings. The zero-order valence-corrected chi connectivity index (χ0v) is 10.2. The third-order valence-electron chi connectivity index (χ3n) is 3.36. The van der Waals surface area contributed by atoms with E-state index < -0.39 is 0 Å². The molecular weight excluding hydrogens is 218 g/mol. The molecule has 0 aromatic carbocycles. The monoisotopic (exact) mass is 237 g/mol. The maximum Gasteiger partial charge on any atom is 0.293 e. The molecule has 94 valence electrons. The van der Waals surface area contributed by atoms with E-state index in [1.165, 1.54) is 4.57 Å². The molecule has 0 radical (unpaired) electrons. The molecule has 1 aliphatic heterocycles. The van der Waals surface area contributed by atoms with Gasteiger partial charge in [-0.15, -0.1) is 0 Å². The molecular formula is C12H19N3O2. The minimum atomic E-state index is -0.0900. The summed E-state index contributed by atoms with van der Waals surface area (Å²) in [6.07, 6.45) is 7.52. The Kier molecular flexibility index (Phi) is 3.78. The largest absolute Gasteiger partial charge is 0.394 e. The fourth-order valence-corrected chi connectivity index (χ4v) is 2.33. The van der Waals surface area contributed by atoms with Crippen molar-refractivity contribution in [2.24, 2.45) is 7.05 Å². The number of aliphatic hydroxyl groups is 1. The summed E-state index contributed by atoms with van der Waals surface area (Å²) in [5.74, 6) is 0.468. The zero-order valence-electron chi connectivity index (χ0n) is 10.2. The fourth-order valence-electron chi connectivity index (χ4n) is 2.33. The first-order valence-electron chi connectivity index (χ1n) is 6.13. The maximum absolute atomic E-state index is 12.0. The summed E-state index contributed by atoms with van der Waals surface area (Å²) in [4.78, 5) is 18.2. The fraction of sp³-hybridized carbons (Fsp3) is 0.667. The molecule has 5 heteroatoms. The lowest BCUT2D eigenvalue weighted by atomic mass is 10.1. The number of anilines is 1. The van der Waals surface area contributed by atoms with E-state index in [4.69, 9.17) is 0 Å². The lowest BCUT2D eigenvalue weighted by molar-refractivity contribution is 0.254. The Labute approximate surface area is 101 Å². The lowest BCUT2D eigenvalue weighted by Gasteiger charge is -2.29. The molecule has 2 rings (SSSR count). The summed E-state index contributed by atoms with van der Waals surface area (Å²) in [5.41, 5.74) is -0.0900. The highest BCUT2D eigenvalue weighted by molar-refractivity contribution is 5.37. The van der Waals surface area contributed by atoms with Crippen LogP contribution in [0.5, 0.6) is 0 Å². The lowest BCUT2D eigenvalue weighted by Crippen LogP contribution is -2.42. The van der Waals surface area contributed by atoms with E-state index in [0.717, 1.165) is 32.2 Å². The third-order valence-corrected chi connectivity index (χ3v) is 3.36. The Morgan fingerprint density at radius 1 is 1.47 bits per heavy atom. The van der Waals surface area contributed by atoms with Crippen molar-refractivity contribution >= 4 is 5.82 Å². The predicted molar refractivity (Wildman–Crippen MR) is 66.2 cm³/mol. The first-order valence-corrected chi connectivity index (χ1v) is 6.13. The quantitative estimate of drug-likeness (QED) is 0.814. The van der Waals surface area contributed by atoms with Crippen molar-refractivity contribution in [1.82, 2.24) is 9.55 Å². The van der Waals surface area contributed by atoms with E-state index in [2.05, 4.69) is 4.98 Å². The summed E-state index contributed by atoms with van der Waals surface area (Å²) in [5, 5.41) is 9.43. The van der Waals surface area contributed by atoms with Gasteiger partial charge in [-0.2, -0.15) is 0 Å². The number of rotatable bonds is 2. The molecule has 1 fully saturated rings. The van der Waals surface area contributed by atoms with Gasteiger partial charge in [0.15, 0.2) is 5.82 Å². The number of hydrogen-bond acceptors (Lipinski definition) is 4. The van der Waals surface area contributed by atoms with Gasteiger partial charge in [-0.3, -0.25) is 4.79 Å². The van der Waals surface area contributed by atoms with Gasteiger partial charge in [-0.1, -0.05) is 12.8 Å². The van der Waals surface area contributed by atoms with Gasteiger partial charge in [0.25, 0.3) is 5.56 Å². The van der Waals surface area contributed by atoms with E-state index in [1.807, 2.05) is 4.90 Å². The number of aliphatic hydroxyl groups excluding tert-OH is 1. The second kappa shape index (κ2) is 5.31. The molecule has 0 amide bonds. The molecule has 17 heavy (non-hydrogen) atoms. The normalized spacial score (nSPS) is 21.3. The van der Waals surface area contributed by atoms with Crippen molar-refractivity contribution in [1.29, 1.82) is 0 Å². The first-order chi connectivity index (χ1) is 8.24. The van der Waals surface area contributed by atoms with Crippen molar-refractivity contribution in [3.05, 3.63) is 22.7 Å². The molecule has 5 nitrogen and oxygen atoms in total. The van der Waals surface area contributed by atoms with E-state index in [9.17, 15) is 9.90 Å². The molecule has 0 bridgehead atoms. The summed E-state index contributed by atoms with van der Waals surface area (Å²) in [6.45, 7) is 0.886. The van der Waals surface area contributed by atoms with Gasteiger partial charge in [0, 0.05) is 26.0 Å². The molecule has 1 N–H and O–H groups in total. The van der Waals surface area contributed by atoms with Crippen LogP contribution in [0.15, 0.2) is 17.2 Å². The number of aryl methyl sites for hydroxylation is 1. The van der Waals surface area contributed by atoms with Crippen molar-refractivity contribution in [2.75, 3.05) is 18.1 Å². The van der Waals surface area contributed by atoms with Crippen LogP contribution in [-0.4, -0.2) is 33.9 Å². The van der Waals surface area contributed by atoms with Crippen molar-refractivity contribution in [3.63, 3.8) is 0 Å². The molecule has 1 saturated heterocycles. The average molecular weight is 237 g/mol. The van der Waals surface area contributed by atoms with Gasteiger partial charge in [0.05, 0.1) is 12.6 Å². The number of hydrogen-bond donors (Lipinski definition) is 1. The summed E-state index contributed by atoms with van der Waals surface area (Å²) < 4.78 is 1.53. The van der Waals surface area contributed by atoms with E-state index in [0.29, 0.717) is 5.82 Å². The Hall–Kier alpha value is -1.36. The minimum Gasteiger partial charge on any atom is -0.394 e. The maximum atomic E-state index is 12.0. The van der Waals surface area contributed by atoms with E-state index >= 15 is 0 Å². The van der Waals surface area contributed by atoms with Crippen LogP contribution in [0.25, 0.3) is 0 Å². The highest BCUT2D eigenvalue weighted by atomic mass is 16.3. The van der Waals surface area contributed by atoms with E-state index in [-0.39, 0.29) is 18.2 Å². The van der Waals surface area contributed by atoms with Crippen LogP contribution in [0.2, 0.25) is 0 Å². The van der Waals surface area contributed by atoms with Crippen LogP contribution < -0.4 is 10.5 Å². The molecule has 0 spiro atoms. The molecule has 0 aliphatic carbocycles. The average Bonchev–Trinajstić information content (AvgIpc) is 2.57. The van der Waals surface area contributed by atoms with Crippen LogP contribution in [0.3, 0.4) is 0 Å². The summed E-state index contributed by atoms with van der Waals surface area (Å²) in [6, 6.07) is 0.0279. The van der Waals surface area contributed by atoms with Crippen molar-refractivity contribution in [3.8, 4) is 0 Å². The summed E-state index contributed by atoms with van der Waals surface area (Å²) >= 11 is 0. The van der Waals surface area contributed by atoms with Gasteiger partial charge in [-0.25, -0.2) is 4.98 Å². The van der Waals surface area contributed by atoms with Gasteiger partial charge in [0.1, 0.15) is 0 Å². The SMILES string of the molecule is Cn1ccnc(N2CCCCCC2CO)c1=O. The van der Waals surface area contributed by atoms with E-state index in [1.54, 1.807) is 19.4 Å². The molecule has 1 aromatic rings. The standard InChI is InChI=1S/C12H19N3O2/c1-14-8-6-13-11(12(14)17)15-7-4-2-3-5-10(15)9-16/h6,8,10,16H,2-5,7,9H2,1H3. The third kappa shape index (κ3) is 2.49. The highest BCUT2D eigenvalue weighted by Crippen LogP contribution is 2.19. The minimum absolute atomic E-state index is 0.0279. The predicted octanol–water partition coefficient (Wildman–Crippen LogP) is 0.522. The highest BCUT2D eigenvalue weighted by Gasteiger charge is 2.23. The van der Waals surface area contributed by atoms with Crippen LogP contribution in [-0.2, 0) is 7.05 Å². The smallest absolute Gasteiger partial charge is 0.293 e. The van der Waals surface area contributed by atoms with Crippen molar-refractivity contribution in [2.45, 2.75) is 31.7 Å². The zero-order chi connectivity index (χ0) is 12.3. The molecule has 2 heterocycles. The van der Waals surface area contributed by atoms with Crippen LogP contribution in [0.1, 0.15) is 25.7 Å². The second-order valence-corrected chi connectivity index (χ2v) is 4.55. The molecule has 1 aromatic heterocycles. The van der Waals surface area contributed by atoms with Crippen molar-refractivity contribution < 1.29 is 5.11 Å². The van der Waals surface area contributed by atoms with Crippen LogP contribution in [0.4, 0.5) is 5.82 Å². The van der Waals surface area contributed by atoms with Gasteiger partial charge < -0.3 is 14.6 Å². The Morgan fingerprint density at radius 2 is 2.29 bits per heavy atom. The topological polar surface area (TPSA) is 58.4 Å². The molecule has 1 unspecified atom stereocenters. The van der Waals surface area contributed by atoms with Crippen LogP contribution in [0, 0.1) is 0 Å². The Morgan fingerprint density at radius 3 is 3.06 bits per heavy atom. The Balaban J connectivity index is 2.35. The first kappa shape index (κ1) is 12.1.